The molecular weight excluding hydrogens is 246 g/mol. The minimum absolute atomic E-state index is 0.803. The third kappa shape index (κ3) is 5.01. The first-order valence-electron chi connectivity index (χ1n) is 8.79. The molecule has 1 saturated carbocycles. The van der Waals surface area contributed by atoms with Crippen molar-refractivity contribution in [2.75, 3.05) is 46.8 Å². The highest BCUT2D eigenvalue weighted by Crippen LogP contribution is 2.28. The van der Waals surface area contributed by atoms with Crippen LogP contribution in [0.4, 0.5) is 0 Å². The van der Waals surface area contributed by atoms with Crippen LogP contribution in [0.2, 0.25) is 0 Å². The van der Waals surface area contributed by atoms with Gasteiger partial charge in [0.05, 0.1) is 0 Å². The standard InChI is InChI=1S/C17H35N3/c1-4-18-17-7-5-6-16(17)10-13-20(3)14-15-8-11-19(2)12-9-15/h15-18H,4-14H2,1-3H3. The summed E-state index contributed by atoms with van der Waals surface area (Å²) in [6.45, 7) is 8.56. The number of piperidine rings is 1. The molecule has 2 atom stereocenters. The number of hydrogen-bond acceptors (Lipinski definition) is 3. The fraction of sp³-hybridized carbons (Fsp3) is 1.00. The van der Waals surface area contributed by atoms with Crippen LogP contribution in [0.15, 0.2) is 0 Å². The van der Waals surface area contributed by atoms with Gasteiger partial charge in [-0.05, 0) is 84.2 Å². The molecular formula is C17H35N3. The minimum Gasteiger partial charge on any atom is -0.314 e. The van der Waals surface area contributed by atoms with Crippen LogP contribution in [-0.2, 0) is 0 Å². The van der Waals surface area contributed by atoms with Crippen molar-refractivity contribution in [2.45, 2.75) is 51.5 Å². The molecule has 0 bridgehead atoms. The van der Waals surface area contributed by atoms with Crippen LogP contribution in [-0.4, -0.2) is 62.7 Å². The first-order chi connectivity index (χ1) is 9.69. The minimum atomic E-state index is 0.803. The topological polar surface area (TPSA) is 18.5 Å². The summed E-state index contributed by atoms with van der Waals surface area (Å²) in [5, 5.41) is 3.68. The summed E-state index contributed by atoms with van der Waals surface area (Å²) < 4.78 is 0. The molecule has 0 aromatic rings. The molecule has 0 spiro atoms. The highest BCUT2D eigenvalue weighted by Gasteiger charge is 2.26. The van der Waals surface area contributed by atoms with E-state index in [1.807, 2.05) is 0 Å². The second kappa shape index (κ2) is 8.35. The van der Waals surface area contributed by atoms with Crippen LogP contribution in [0, 0.1) is 11.8 Å². The first kappa shape index (κ1) is 16.3. The summed E-state index contributed by atoms with van der Waals surface area (Å²) in [5.74, 6) is 1.86. The molecule has 2 rings (SSSR count). The Kier molecular flexibility index (Phi) is 6.79. The van der Waals surface area contributed by atoms with Crippen molar-refractivity contribution in [3.8, 4) is 0 Å². The van der Waals surface area contributed by atoms with E-state index in [0.717, 1.165) is 24.4 Å². The maximum atomic E-state index is 3.68. The summed E-state index contributed by atoms with van der Waals surface area (Å²) in [7, 11) is 4.58. The van der Waals surface area contributed by atoms with Gasteiger partial charge in [-0.3, -0.25) is 0 Å². The lowest BCUT2D eigenvalue weighted by Crippen LogP contribution is -2.37. The Morgan fingerprint density at radius 1 is 1.15 bits per heavy atom. The van der Waals surface area contributed by atoms with E-state index in [4.69, 9.17) is 0 Å². The lowest BCUT2D eigenvalue weighted by atomic mass is 9.95. The molecule has 20 heavy (non-hydrogen) atoms. The molecule has 118 valence electrons. The van der Waals surface area contributed by atoms with Gasteiger partial charge >= 0.3 is 0 Å². The lowest BCUT2D eigenvalue weighted by molar-refractivity contribution is 0.170. The van der Waals surface area contributed by atoms with E-state index in [-0.39, 0.29) is 0 Å². The van der Waals surface area contributed by atoms with Crippen LogP contribution in [0.1, 0.15) is 45.4 Å². The third-order valence-electron chi connectivity index (χ3n) is 5.42. The van der Waals surface area contributed by atoms with E-state index in [0.29, 0.717) is 0 Å². The number of nitrogens with zero attached hydrogens (tertiary/aromatic N) is 2. The van der Waals surface area contributed by atoms with Gasteiger partial charge in [0.15, 0.2) is 0 Å². The van der Waals surface area contributed by atoms with E-state index in [1.165, 1.54) is 64.7 Å². The molecule has 1 saturated heterocycles. The Labute approximate surface area is 126 Å². The highest BCUT2D eigenvalue weighted by atomic mass is 15.1. The molecule has 0 aromatic heterocycles. The fourth-order valence-corrected chi connectivity index (χ4v) is 4.08. The molecule has 1 N–H and O–H groups in total. The monoisotopic (exact) mass is 281 g/mol. The van der Waals surface area contributed by atoms with Gasteiger partial charge < -0.3 is 15.1 Å². The molecule has 1 aliphatic heterocycles. The van der Waals surface area contributed by atoms with Gasteiger partial charge in [0, 0.05) is 12.6 Å². The fourth-order valence-electron chi connectivity index (χ4n) is 4.08. The summed E-state index contributed by atoms with van der Waals surface area (Å²) in [5.41, 5.74) is 0. The van der Waals surface area contributed by atoms with Gasteiger partial charge in [-0.2, -0.15) is 0 Å². The number of rotatable bonds is 7. The van der Waals surface area contributed by atoms with Crippen molar-refractivity contribution in [1.82, 2.24) is 15.1 Å². The Balaban J connectivity index is 1.63. The molecule has 2 unspecified atom stereocenters. The highest BCUT2D eigenvalue weighted by molar-refractivity contribution is 4.83. The van der Waals surface area contributed by atoms with Crippen LogP contribution in [0.25, 0.3) is 0 Å². The molecule has 1 aliphatic carbocycles. The van der Waals surface area contributed by atoms with Crippen molar-refractivity contribution in [3.63, 3.8) is 0 Å². The third-order valence-corrected chi connectivity index (χ3v) is 5.42. The zero-order valence-electron chi connectivity index (χ0n) is 13.9. The van der Waals surface area contributed by atoms with E-state index in [9.17, 15) is 0 Å². The van der Waals surface area contributed by atoms with Crippen molar-refractivity contribution < 1.29 is 0 Å². The Hall–Kier alpha value is -0.120. The zero-order chi connectivity index (χ0) is 14.4. The average molecular weight is 281 g/mol. The van der Waals surface area contributed by atoms with E-state index < -0.39 is 0 Å². The van der Waals surface area contributed by atoms with Gasteiger partial charge in [-0.15, -0.1) is 0 Å². The second-order valence-corrected chi connectivity index (χ2v) is 7.15. The van der Waals surface area contributed by atoms with Gasteiger partial charge in [0.25, 0.3) is 0 Å². The molecule has 0 amide bonds. The maximum absolute atomic E-state index is 3.68. The predicted molar refractivity (Wildman–Crippen MR) is 87.1 cm³/mol. The quantitative estimate of drug-likeness (QED) is 0.773. The van der Waals surface area contributed by atoms with Crippen molar-refractivity contribution in [2.24, 2.45) is 11.8 Å². The van der Waals surface area contributed by atoms with Crippen LogP contribution in [0.3, 0.4) is 0 Å². The Morgan fingerprint density at radius 2 is 1.90 bits per heavy atom. The number of nitrogens with one attached hydrogen (secondary N) is 1. The molecule has 3 heteroatoms. The lowest BCUT2D eigenvalue weighted by Gasteiger charge is -2.32. The van der Waals surface area contributed by atoms with Gasteiger partial charge in [-0.1, -0.05) is 13.3 Å². The van der Waals surface area contributed by atoms with Crippen LogP contribution < -0.4 is 5.32 Å². The van der Waals surface area contributed by atoms with Crippen molar-refractivity contribution in [1.29, 1.82) is 0 Å². The number of hydrogen-bond donors (Lipinski definition) is 1. The van der Waals surface area contributed by atoms with Crippen LogP contribution >= 0.6 is 0 Å². The average Bonchev–Trinajstić information content (AvgIpc) is 2.87. The SMILES string of the molecule is CCNC1CCCC1CCN(C)CC1CCN(C)CC1. The van der Waals surface area contributed by atoms with E-state index in [2.05, 4.69) is 36.1 Å². The first-order valence-corrected chi connectivity index (χ1v) is 8.79. The van der Waals surface area contributed by atoms with Crippen molar-refractivity contribution >= 4 is 0 Å². The van der Waals surface area contributed by atoms with E-state index in [1.54, 1.807) is 0 Å². The van der Waals surface area contributed by atoms with Gasteiger partial charge in [-0.25, -0.2) is 0 Å². The molecule has 0 radical (unpaired) electrons. The normalized spacial score (nSPS) is 29.4. The molecule has 1 heterocycles. The van der Waals surface area contributed by atoms with Gasteiger partial charge in [0.1, 0.15) is 0 Å². The summed E-state index contributed by atoms with van der Waals surface area (Å²) >= 11 is 0. The van der Waals surface area contributed by atoms with Crippen molar-refractivity contribution in [3.05, 3.63) is 0 Å². The Bertz CT molecular complexity index is 261. The smallest absolute Gasteiger partial charge is 0.00956 e. The Morgan fingerprint density at radius 3 is 2.60 bits per heavy atom. The second-order valence-electron chi connectivity index (χ2n) is 7.15. The largest absolute Gasteiger partial charge is 0.314 e. The zero-order valence-corrected chi connectivity index (χ0v) is 13.9. The number of likely N-dealkylation sites (tertiary alicyclic amines) is 1. The summed E-state index contributed by atoms with van der Waals surface area (Å²) in [6.07, 6.45) is 8.45. The molecule has 0 aromatic carbocycles. The molecule has 2 fully saturated rings. The summed E-state index contributed by atoms with van der Waals surface area (Å²) in [6, 6.07) is 0.803. The van der Waals surface area contributed by atoms with Gasteiger partial charge in [0.2, 0.25) is 0 Å². The van der Waals surface area contributed by atoms with Crippen LogP contribution in [0.5, 0.6) is 0 Å². The predicted octanol–water partition coefficient (Wildman–Crippen LogP) is 2.43. The summed E-state index contributed by atoms with van der Waals surface area (Å²) in [4.78, 5) is 5.06. The maximum Gasteiger partial charge on any atom is 0.00956 e. The van der Waals surface area contributed by atoms with E-state index >= 15 is 0 Å². The molecule has 2 aliphatic rings. The molecule has 3 nitrogen and oxygen atoms in total.